The van der Waals surface area contributed by atoms with Crippen molar-refractivity contribution in [3.05, 3.63) is 0 Å². The Morgan fingerprint density at radius 1 is 0.971 bits per heavy atom. The monoisotopic (exact) mass is 476 g/mol. The lowest BCUT2D eigenvalue weighted by Crippen LogP contribution is -2.62. The fraction of sp³-hybridized carbons (Fsp3) is 0.966. The van der Waals surface area contributed by atoms with Crippen molar-refractivity contribution in [3.8, 4) is 0 Å². The molecule has 0 aliphatic heterocycles. The summed E-state index contributed by atoms with van der Waals surface area (Å²) in [5.41, 5.74) is -0.0898. The van der Waals surface area contributed by atoms with Crippen molar-refractivity contribution < 1.29 is 24.9 Å². The molecule has 3 N–H and O–H groups in total. The van der Waals surface area contributed by atoms with Crippen LogP contribution >= 0.6 is 0 Å². The van der Waals surface area contributed by atoms with E-state index in [1.807, 2.05) is 0 Å². The van der Waals surface area contributed by atoms with Gasteiger partial charge in [0, 0.05) is 6.42 Å². The number of fused-ring (bicyclic) bond motifs is 5. The minimum atomic E-state index is -0.367. The van der Waals surface area contributed by atoms with E-state index in [0.29, 0.717) is 36.0 Å². The van der Waals surface area contributed by atoms with E-state index in [9.17, 15) is 20.1 Å². The highest BCUT2D eigenvalue weighted by Crippen LogP contribution is 2.68. The second-order valence-corrected chi connectivity index (χ2v) is 13.4. The van der Waals surface area contributed by atoms with E-state index in [2.05, 4.69) is 20.8 Å². The van der Waals surface area contributed by atoms with Gasteiger partial charge in [0.25, 0.3) is 0 Å². The Hall–Kier alpha value is -0.650. The van der Waals surface area contributed by atoms with Crippen molar-refractivity contribution in [3.63, 3.8) is 0 Å². The predicted octanol–water partition coefficient (Wildman–Crippen LogP) is 4.85. The Morgan fingerprint density at radius 3 is 2.44 bits per heavy atom. The van der Waals surface area contributed by atoms with Crippen molar-refractivity contribution in [1.82, 2.24) is 0 Å². The van der Waals surface area contributed by atoms with E-state index in [1.54, 1.807) is 0 Å². The molecule has 0 aromatic carbocycles. The van der Waals surface area contributed by atoms with Gasteiger partial charge in [0.05, 0.1) is 18.3 Å². The Labute approximate surface area is 206 Å². The third-order valence-electron chi connectivity index (χ3n) is 11.9. The lowest BCUT2D eigenvalue weighted by atomic mass is 9.43. The number of hydrogen-bond donors (Lipinski definition) is 3. The number of hydrogen-bond acceptors (Lipinski definition) is 5. The summed E-state index contributed by atoms with van der Waals surface area (Å²) in [5, 5.41) is 33.4. The van der Waals surface area contributed by atoms with Gasteiger partial charge >= 0.3 is 5.97 Å². The van der Waals surface area contributed by atoms with Crippen LogP contribution in [0.2, 0.25) is 0 Å². The van der Waals surface area contributed by atoms with Crippen LogP contribution in [0.15, 0.2) is 0 Å². The summed E-state index contributed by atoms with van der Waals surface area (Å²) in [4.78, 5) is 12.4. The summed E-state index contributed by atoms with van der Waals surface area (Å²) in [6.45, 7) is 6.93. The predicted molar refractivity (Wildman–Crippen MR) is 131 cm³/mol. The Bertz CT molecular complexity index is 749. The van der Waals surface area contributed by atoms with Crippen LogP contribution in [-0.2, 0) is 9.53 Å². The summed E-state index contributed by atoms with van der Waals surface area (Å²) < 4.78 is 5.69. The van der Waals surface area contributed by atoms with Gasteiger partial charge in [-0.25, -0.2) is 0 Å². The first-order valence-electron chi connectivity index (χ1n) is 14.4. The zero-order valence-electron chi connectivity index (χ0n) is 21.6. The fourth-order valence-corrected chi connectivity index (χ4v) is 9.93. The third kappa shape index (κ3) is 4.06. The molecule has 0 bridgehead atoms. The van der Waals surface area contributed by atoms with E-state index in [0.717, 1.165) is 64.2 Å². The van der Waals surface area contributed by atoms with Crippen molar-refractivity contribution in [2.24, 2.45) is 46.3 Å². The van der Waals surface area contributed by atoms with Crippen LogP contribution in [0.25, 0.3) is 0 Å². The summed E-state index contributed by atoms with van der Waals surface area (Å²) in [6, 6.07) is 0. The zero-order valence-corrected chi connectivity index (χ0v) is 21.6. The van der Waals surface area contributed by atoms with Gasteiger partial charge in [-0.2, -0.15) is 0 Å². The zero-order chi connectivity index (χ0) is 24.3. The normalized spacial score (nSPS) is 49.7. The van der Waals surface area contributed by atoms with Crippen molar-refractivity contribution in [2.45, 2.75) is 129 Å². The highest BCUT2D eigenvalue weighted by molar-refractivity contribution is 5.69. The lowest BCUT2D eigenvalue weighted by Gasteiger charge is -2.63. The summed E-state index contributed by atoms with van der Waals surface area (Å²) in [6.07, 6.45) is 11.2. The molecule has 0 saturated heterocycles. The maximum atomic E-state index is 12.4. The van der Waals surface area contributed by atoms with Crippen LogP contribution < -0.4 is 0 Å². The molecule has 5 rings (SSSR count). The van der Waals surface area contributed by atoms with Crippen LogP contribution in [0, 0.1) is 46.3 Å². The van der Waals surface area contributed by atoms with Gasteiger partial charge in [-0.05, 0) is 123 Å². The maximum absolute atomic E-state index is 12.4. The Balaban J connectivity index is 1.28. The van der Waals surface area contributed by atoms with Crippen LogP contribution in [0.5, 0.6) is 0 Å². The molecule has 0 radical (unpaired) electrons. The first-order chi connectivity index (χ1) is 16.1. The Kier molecular flexibility index (Phi) is 6.87. The quantitative estimate of drug-likeness (QED) is 0.494. The van der Waals surface area contributed by atoms with Crippen LogP contribution in [0.1, 0.15) is 104 Å². The van der Waals surface area contributed by atoms with Gasteiger partial charge in [-0.1, -0.05) is 20.8 Å². The molecule has 5 fully saturated rings. The fourth-order valence-electron chi connectivity index (χ4n) is 9.93. The Morgan fingerprint density at radius 2 is 1.71 bits per heavy atom. The van der Waals surface area contributed by atoms with E-state index in [1.165, 1.54) is 12.8 Å². The van der Waals surface area contributed by atoms with Crippen LogP contribution in [0.4, 0.5) is 0 Å². The highest BCUT2D eigenvalue weighted by Gasteiger charge is 2.65. The van der Waals surface area contributed by atoms with E-state index < -0.39 is 0 Å². The molecule has 0 aromatic rings. The van der Waals surface area contributed by atoms with Crippen molar-refractivity contribution in [1.29, 1.82) is 0 Å². The van der Waals surface area contributed by atoms with Crippen molar-refractivity contribution in [2.75, 3.05) is 0 Å². The van der Waals surface area contributed by atoms with Gasteiger partial charge in [0.2, 0.25) is 0 Å². The molecule has 34 heavy (non-hydrogen) atoms. The molecule has 11 atom stereocenters. The molecule has 194 valence electrons. The number of ether oxygens (including phenoxy) is 1. The second-order valence-electron chi connectivity index (χ2n) is 13.4. The van der Waals surface area contributed by atoms with Gasteiger partial charge in [-0.3, -0.25) is 4.79 Å². The first kappa shape index (κ1) is 25.0. The van der Waals surface area contributed by atoms with Gasteiger partial charge in [-0.15, -0.1) is 0 Å². The topological polar surface area (TPSA) is 87.0 Å². The molecule has 0 spiro atoms. The smallest absolute Gasteiger partial charge is 0.306 e. The molecule has 5 aliphatic carbocycles. The number of rotatable bonds is 5. The van der Waals surface area contributed by atoms with Crippen molar-refractivity contribution >= 4 is 5.97 Å². The molecule has 5 aliphatic rings. The molecule has 5 saturated carbocycles. The average Bonchev–Trinajstić information content (AvgIpc) is 3.42. The molecule has 0 unspecified atom stereocenters. The number of aliphatic hydroxyl groups excluding tert-OH is 3. The standard InChI is InChI=1S/C29H48O5/c1-17(8-11-26(33)34-20-6-4-5-7-20)21-9-10-22-27-23(16-25(32)29(21,22)3)28(2)13-12-19(30)14-18(28)15-24(27)31/h17-25,27,30-32H,4-16H2,1-3H3/t17-,18+,19-,21-,22+,23+,24-,25+,27+,28+,29-/m1/s1. The van der Waals surface area contributed by atoms with E-state index in [-0.39, 0.29) is 47.1 Å². The van der Waals surface area contributed by atoms with Gasteiger partial charge in [0.15, 0.2) is 0 Å². The number of aliphatic hydroxyl groups is 3. The van der Waals surface area contributed by atoms with Crippen LogP contribution in [0.3, 0.4) is 0 Å². The van der Waals surface area contributed by atoms with E-state index in [4.69, 9.17) is 4.74 Å². The number of esters is 1. The number of carbonyl (C=O) groups is 1. The SMILES string of the molecule is C[C@H](CCC(=O)OC1CCCC1)[C@H]1CC[C@H]2[C@@H]3[C@H](O)C[C@@H]4C[C@H](O)CC[C@]4(C)[C@H]3C[C@H](O)[C@]12C. The average molecular weight is 477 g/mol. The number of carbonyl (C=O) groups excluding carboxylic acids is 1. The first-order valence-corrected chi connectivity index (χ1v) is 14.4. The molecule has 5 nitrogen and oxygen atoms in total. The molecule has 0 aromatic heterocycles. The maximum Gasteiger partial charge on any atom is 0.306 e. The molecule has 5 heteroatoms. The largest absolute Gasteiger partial charge is 0.462 e. The van der Waals surface area contributed by atoms with Gasteiger partial charge < -0.3 is 20.1 Å². The lowest BCUT2D eigenvalue weighted by molar-refractivity contribution is -0.207. The molecular weight excluding hydrogens is 428 g/mol. The molecule has 0 amide bonds. The van der Waals surface area contributed by atoms with E-state index >= 15 is 0 Å². The second kappa shape index (κ2) is 9.34. The molecule has 0 heterocycles. The van der Waals surface area contributed by atoms with Gasteiger partial charge in [0.1, 0.15) is 6.10 Å². The minimum Gasteiger partial charge on any atom is -0.462 e. The molecular formula is C29H48O5. The minimum absolute atomic E-state index is 0.0520. The summed E-state index contributed by atoms with van der Waals surface area (Å²) in [5.74, 6) is 1.94. The highest BCUT2D eigenvalue weighted by atomic mass is 16.5. The van der Waals surface area contributed by atoms with Crippen LogP contribution in [-0.4, -0.2) is 45.7 Å². The third-order valence-corrected chi connectivity index (χ3v) is 11.9. The summed E-state index contributed by atoms with van der Waals surface area (Å²) >= 11 is 0. The summed E-state index contributed by atoms with van der Waals surface area (Å²) in [7, 11) is 0.